The van der Waals surface area contributed by atoms with Crippen molar-refractivity contribution in [3.05, 3.63) is 94.2 Å². The van der Waals surface area contributed by atoms with E-state index in [1.165, 1.54) is 0 Å². The molecule has 0 fully saturated rings. The lowest BCUT2D eigenvalue weighted by molar-refractivity contribution is 0.100. The number of benzene rings is 2. The summed E-state index contributed by atoms with van der Waals surface area (Å²) in [6.07, 6.45) is 3.80. The molecule has 0 aliphatic rings. The van der Waals surface area contributed by atoms with Gasteiger partial charge in [0.25, 0.3) is 0 Å². The van der Waals surface area contributed by atoms with Crippen molar-refractivity contribution < 1.29 is 4.79 Å². The van der Waals surface area contributed by atoms with Gasteiger partial charge >= 0.3 is 0 Å². The number of carbonyl (C=O) groups excluding carboxylic acids is 1. The maximum atomic E-state index is 11.7. The maximum Gasteiger partial charge on any atom is 0.250 e. The molecule has 2 N–H and O–H groups in total. The molecule has 0 radical (unpaired) electrons. The molecule has 33 heavy (non-hydrogen) atoms. The Kier molecular flexibility index (Phi) is 5.36. The lowest BCUT2D eigenvalue weighted by Gasteiger charge is -2.13. The van der Waals surface area contributed by atoms with E-state index in [2.05, 4.69) is 10.3 Å². The Balaban J connectivity index is 1.60. The van der Waals surface area contributed by atoms with Crippen LogP contribution < -0.4 is 5.73 Å². The van der Waals surface area contributed by atoms with Gasteiger partial charge in [0.15, 0.2) is 0 Å². The number of rotatable bonds is 5. The highest BCUT2D eigenvalue weighted by molar-refractivity contribution is 6.33. The van der Waals surface area contributed by atoms with Crippen molar-refractivity contribution >= 4 is 34.8 Å². The van der Waals surface area contributed by atoms with E-state index in [4.69, 9.17) is 33.9 Å². The summed E-state index contributed by atoms with van der Waals surface area (Å²) in [5.74, 6) is -0.577. The molecule has 1 unspecified atom stereocenters. The number of carbonyl (C=O) groups is 1. The van der Waals surface area contributed by atoms with Crippen LogP contribution in [0.5, 0.6) is 0 Å². The zero-order valence-corrected chi connectivity index (χ0v) is 19.0. The summed E-state index contributed by atoms with van der Waals surface area (Å²) < 4.78 is 3.72. The van der Waals surface area contributed by atoms with Crippen LogP contribution in [0.2, 0.25) is 10.0 Å². The Morgan fingerprint density at radius 2 is 1.85 bits per heavy atom. The van der Waals surface area contributed by atoms with Crippen molar-refractivity contribution in [3.8, 4) is 22.6 Å². The first-order valence-corrected chi connectivity index (χ1v) is 10.9. The third kappa shape index (κ3) is 3.86. The first-order valence-electron chi connectivity index (χ1n) is 10.2. The molecule has 0 saturated carbocycles. The van der Waals surface area contributed by atoms with Gasteiger partial charge in [-0.3, -0.25) is 9.20 Å². The summed E-state index contributed by atoms with van der Waals surface area (Å²) in [6.45, 7) is 1.96. The number of primary amides is 1. The molecule has 1 amide bonds. The Labute approximate surface area is 199 Å². The minimum absolute atomic E-state index is 0.209. The monoisotopic (exact) mass is 476 g/mol. The van der Waals surface area contributed by atoms with Crippen LogP contribution in [-0.2, 0) is 0 Å². The molecular formula is C24H18Cl2N6O. The molecule has 164 valence electrons. The van der Waals surface area contributed by atoms with Crippen LogP contribution in [0.3, 0.4) is 0 Å². The second kappa shape index (κ2) is 8.35. The fraction of sp³-hybridized carbons (Fsp3) is 0.0833. The molecule has 5 rings (SSSR count). The van der Waals surface area contributed by atoms with Gasteiger partial charge in [-0.25, -0.2) is 9.67 Å². The highest BCUT2D eigenvalue weighted by Crippen LogP contribution is 2.33. The average Bonchev–Trinajstić information content (AvgIpc) is 3.44. The Morgan fingerprint density at radius 1 is 1.06 bits per heavy atom. The summed E-state index contributed by atoms with van der Waals surface area (Å²) >= 11 is 12.2. The third-order valence-electron chi connectivity index (χ3n) is 5.54. The Hall–Kier alpha value is -3.68. The molecule has 9 heteroatoms. The molecule has 5 aromatic rings. The first kappa shape index (κ1) is 21.2. The quantitative estimate of drug-likeness (QED) is 0.373. The fourth-order valence-corrected chi connectivity index (χ4v) is 4.11. The molecule has 2 aromatic carbocycles. The zero-order valence-electron chi connectivity index (χ0n) is 17.5. The third-order valence-corrected chi connectivity index (χ3v) is 6.12. The molecular weight excluding hydrogens is 459 g/mol. The molecule has 3 heterocycles. The number of nitrogens with two attached hydrogens (primary N) is 1. The summed E-state index contributed by atoms with van der Waals surface area (Å²) in [7, 11) is 0. The van der Waals surface area contributed by atoms with Crippen LogP contribution in [0.25, 0.3) is 28.3 Å². The van der Waals surface area contributed by atoms with Crippen LogP contribution in [0.1, 0.15) is 28.9 Å². The van der Waals surface area contributed by atoms with Gasteiger partial charge in [-0.2, -0.15) is 0 Å². The van der Waals surface area contributed by atoms with E-state index < -0.39 is 5.91 Å². The molecule has 0 aliphatic heterocycles. The van der Waals surface area contributed by atoms with Crippen LogP contribution in [0.4, 0.5) is 0 Å². The maximum absolute atomic E-state index is 11.7. The number of pyridine rings is 1. The molecule has 7 nitrogen and oxygen atoms in total. The van der Waals surface area contributed by atoms with E-state index in [0.717, 1.165) is 28.2 Å². The predicted octanol–water partition coefficient (Wildman–Crippen LogP) is 5.27. The fourth-order valence-electron chi connectivity index (χ4n) is 3.77. The van der Waals surface area contributed by atoms with Gasteiger partial charge in [-0.1, -0.05) is 52.7 Å². The molecule has 0 aliphatic carbocycles. The highest BCUT2D eigenvalue weighted by atomic mass is 35.5. The molecule has 3 aromatic heterocycles. The molecule has 0 saturated heterocycles. The highest BCUT2D eigenvalue weighted by Gasteiger charge is 2.20. The van der Waals surface area contributed by atoms with Crippen molar-refractivity contribution in [1.29, 1.82) is 0 Å². The standard InChI is InChI=1S/C24H18Cl2N6O/c1-14(16-7-10-19(26)18(12-16)24(27)33)32-13-20(29-30-32)23-22(15-5-8-17(25)9-6-15)28-21-4-2-3-11-31(21)23/h2-14H,1H3,(H2,27,33). The van der Waals surface area contributed by atoms with E-state index in [-0.39, 0.29) is 11.6 Å². The van der Waals surface area contributed by atoms with Crippen molar-refractivity contribution in [1.82, 2.24) is 24.4 Å². The number of amides is 1. The van der Waals surface area contributed by atoms with Gasteiger partial charge in [0.1, 0.15) is 17.0 Å². The number of fused-ring (bicyclic) bond motifs is 1. The summed E-state index contributed by atoms with van der Waals surface area (Å²) in [4.78, 5) is 16.5. The van der Waals surface area contributed by atoms with E-state index in [0.29, 0.717) is 15.7 Å². The number of hydrogen-bond acceptors (Lipinski definition) is 4. The first-order chi connectivity index (χ1) is 15.9. The minimum atomic E-state index is -0.577. The molecule has 0 bridgehead atoms. The van der Waals surface area contributed by atoms with Crippen LogP contribution in [-0.4, -0.2) is 30.3 Å². The largest absolute Gasteiger partial charge is 0.366 e. The summed E-state index contributed by atoms with van der Waals surface area (Å²) in [5, 5.41) is 9.77. The number of halogens is 2. The van der Waals surface area contributed by atoms with Gasteiger partial charge < -0.3 is 5.73 Å². The minimum Gasteiger partial charge on any atom is -0.366 e. The Morgan fingerprint density at radius 3 is 2.61 bits per heavy atom. The van der Waals surface area contributed by atoms with Crippen molar-refractivity contribution in [2.75, 3.05) is 0 Å². The number of aromatic nitrogens is 5. The molecule has 1 atom stereocenters. The summed E-state index contributed by atoms with van der Waals surface area (Å²) in [6, 6.07) is 18.3. The van der Waals surface area contributed by atoms with Crippen LogP contribution >= 0.6 is 23.2 Å². The molecule has 0 spiro atoms. The van der Waals surface area contributed by atoms with Gasteiger partial charge in [0.2, 0.25) is 5.91 Å². The lowest BCUT2D eigenvalue weighted by atomic mass is 10.0. The SMILES string of the molecule is CC(c1ccc(Cl)c(C(N)=O)c1)n1cc(-c2c(-c3ccc(Cl)cc3)nc3ccccn23)nn1. The lowest BCUT2D eigenvalue weighted by Crippen LogP contribution is -2.14. The number of imidazole rings is 1. The Bertz CT molecular complexity index is 1490. The van der Waals surface area contributed by atoms with Gasteiger partial charge in [0, 0.05) is 16.8 Å². The second-order valence-corrected chi connectivity index (χ2v) is 8.45. The van der Waals surface area contributed by atoms with Crippen molar-refractivity contribution in [2.24, 2.45) is 5.73 Å². The van der Waals surface area contributed by atoms with Crippen LogP contribution in [0.15, 0.2) is 73.1 Å². The zero-order chi connectivity index (χ0) is 23.1. The number of hydrogen-bond donors (Lipinski definition) is 1. The average molecular weight is 477 g/mol. The normalized spacial score (nSPS) is 12.2. The van der Waals surface area contributed by atoms with Crippen molar-refractivity contribution in [2.45, 2.75) is 13.0 Å². The predicted molar refractivity (Wildman–Crippen MR) is 128 cm³/mol. The van der Waals surface area contributed by atoms with E-state index in [1.807, 2.05) is 72.2 Å². The van der Waals surface area contributed by atoms with Crippen LogP contribution in [0, 0.1) is 0 Å². The van der Waals surface area contributed by atoms with Crippen molar-refractivity contribution in [3.63, 3.8) is 0 Å². The number of nitrogens with zero attached hydrogens (tertiary/aromatic N) is 5. The van der Waals surface area contributed by atoms with E-state index in [9.17, 15) is 4.79 Å². The van der Waals surface area contributed by atoms with E-state index >= 15 is 0 Å². The smallest absolute Gasteiger partial charge is 0.250 e. The van der Waals surface area contributed by atoms with Gasteiger partial charge in [-0.05, 0) is 48.9 Å². The van der Waals surface area contributed by atoms with Gasteiger partial charge in [-0.15, -0.1) is 5.10 Å². The van der Waals surface area contributed by atoms with Gasteiger partial charge in [0.05, 0.1) is 28.5 Å². The van der Waals surface area contributed by atoms with E-state index in [1.54, 1.807) is 16.8 Å². The summed E-state index contributed by atoms with van der Waals surface area (Å²) in [5.41, 5.74) is 10.5. The second-order valence-electron chi connectivity index (χ2n) is 7.61. The topological polar surface area (TPSA) is 91.1 Å².